The number of amides is 2. The lowest BCUT2D eigenvalue weighted by Crippen LogP contribution is -2.41. The number of hydrogen-bond acceptors (Lipinski definition) is 5. The van der Waals surface area contributed by atoms with Crippen LogP contribution in [0.4, 0.5) is 0 Å². The molecule has 0 spiro atoms. The van der Waals surface area contributed by atoms with Crippen LogP contribution in [0.2, 0.25) is 0 Å². The van der Waals surface area contributed by atoms with E-state index in [0.717, 1.165) is 30.4 Å². The summed E-state index contributed by atoms with van der Waals surface area (Å²) in [6, 6.07) is 5.71. The molecule has 0 unspecified atom stereocenters. The minimum absolute atomic E-state index is 0. The zero-order valence-electron chi connectivity index (χ0n) is 23.3. The van der Waals surface area contributed by atoms with Crippen LogP contribution in [0.5, 0.6) is 5.75 Å². The Labute approximate surface area is 224 Å². The van der Waals surface area contributed by atoms with E-state index in [-0.39, 0.29) is 42.2 Å². The van der Waals surface area contributed by atoms with Crippen LogP contribution in [-0.2, 0) is 21.4 Å². The van der Waals surface area contributed by atoms with Crippen molar-refractivity contribution < 1.29 is 19.4 Å². The van der Waals surface area contributed by atoms with E-state index in [1.807, 2.05) is 13.0 Å². The van der Waals surface area contributed by atoms with Crippen LogP contribution >= 0.6 is 12.4 Å². The van der Waals surface area contributed by atoms with E-state index >= 15 is 0 Å². The lowest BCUT2D eigenvalue weighted by atomic mass is 9.81. The smallest absolute Gasteiger partial charge is 0.255 e. The topological polar surface area (TPSA) is 128 Å². The molecule has 1 aromatic rings. The van der Waals surface area contributed by atoms with Crippen LogP contribution in [0.15, 0.2) is 18.2 Å². The van der Waals surface area contributed by atoms with Gasteiger partial charge in [0.05, 0.1) is 6.10 Å². The summed E-state index contributed by atoms with van der Waals surface area (Å²) < 4.78 is 5.75. The monoisotopic (exact) mass is 527 g/mol. The molecule has 0 aliphatic heterocycles. The van der Waals surface area contributed by atoms with Gasteiger partial charge >= 0.3 is 0 Å². The standard InChI is InChI=1S/C28H49N3O4.ClH/c1-8-9-12-31-27(34)19(4)13-24(32)23(29)16-21(18(2)3)14-20-10-11-22(28(5,6)7)25(15-20)35-17-26(30)33;/h10-11,15,18-19,21,23-24,32H,8-9,12-14,16-17,29H2,1-7H3,(H2,30,33)(H,31,34);1H/t19-,21+,23+,24+;/m1./s1. The number of halogens is 1. The van der Waals surface area contributed by atoms with E-state index in [9.17, 15) is 14.7 Å². The summed E-state index contributed by atoms with van der Waals surface area (Å²) >= 11 is 0. The molecule has 0 saturated heterocycles. The molecule has 0 bridgehead atoms. The maximum Gasteiger partial charge on any atom is 0.255 e. The number of benzene rings is 1. The van der Waals surface area contributed by atoms with Crippen molar-refractivity contribution in [2.75, 3.05) is 13.2 Å². The molecule has 2 amide bonds. The molecule has 0 heterocycles. The second-order valence-electron chi connectivity index (χ2n) is 11.3. The largest absolute Gasteiger partial charge is 0.483 e. The molecule has 36 heavy (non-hydrogen) atoms. The number of aliphatic hydroxyl groups excluding tert-OH is 1. The first-order valence-electron chi connectivity index (χ1n) is 13.0. The van der Waals surface area contributed by atoms with Crippen molar-refractivity contribution in [2.45, 2.75) is 98.1 Å². The zero-order valence-corrected chi connectivity index (χ0v) is 24.1. The van der Waals surface area contributed by atoms with E-state index in [0.29, 0.717) is 31.1 Å². The average molecular weight is 528 g/mol. The predicted octanol–water partition coefficient (Wildman–Crippen LogP) is 4.11. The number of nitrogens with one attached hydrogen (secondary N) is 1. The minimum atomic E-state index is -0.749. The van der Waals surface area contributed by atoms with Crippen molar-refractivity contribution in [2.24, 2.45) is 29.2 Å². The highest BCUT2D eigenvalue weighted by Gasteiger charge is 2.27. The van der Waals surface area contributed by atoms with Gasteiger partial charge in [0.25, 0.3) is 5.91 Å². The summed E-state index contributed by atoms with van der Waals surface area (Å²) in [7, 11) is 0. The second kappa shape index (κ2) is 16.1. The first-order chi connectivity index (χ1) is 16.3. The number of rotatable bonds is 15. The Bertz CT molecular complexity index is 810. The van der Waals surface area contributed by atoms with Gasteiger partial charge in [0, 0.05) is 18.5 Å². The summed E-state index contributed by atoms with van der Waals surface area (Å²) in [5, 5.41) is 13.7. The molecule has 0 aliphatic carbocycles. The first-order valence-corrected chi connectivity index (χ1v) is 13.0. The lowest BCUT2D eigenvalue weighted by Gasteiger charge is -2.29. The summed E-state index contributed by atoms with van der Waals surface area (Å²) in [5.41, 5.74) is 13.7. The van der Waals surface area contributed by atoms with Gasteiger partial charge in [0.2, 0.25) is 5.91 Å². The van der Waals surface area contributed by atoms with Gasteiger partial charge in [0.15, 0.2) is 6.61 Å². The third kappa shape index (κ3) is 11.9. The van der Waals surface area contributed by atoms with E-state index in [1.54, 1.807) is 0 Å². The number of unbranched alkanes of at least 4 members (excludes halogenated alkanes) is 1. The fourth-order valence-corrected chi connectivity index (χ4v) is 4.19. The van der Waals surface area contributed by atoms with Crippen LogP contribution in [0.25, 0.3) is 0 Å². The molecular weight excluding hydrogens is 478 g/mol. The van der Waals surface area contributed by atoms with Crippen LogP contribution in [-0.4, -0.2) is 42.2 Å². The maximum absolute atomic E-state index is 12.3. The SMILES string of the molecule is CCCCNC(=O)[C@H](C)C[C@H](O)[C@@H](N)C[C@H](Cc1ccc(C(C)(C)C)c(OCC(N)=O)c1)C(C)C.Cl. The Morgan fingerprint density at radius 3 is 2.31 bits per heavy atom. The number of aliphatic hydroxyl groups is 1. The van der Waals surface area contributed by atoms with Crippen LogP contribution in [0, 0.1) is 17.8 Å². The van der Waals surface area contributed by atoms with Crippen molar-refractivity contribution in [1.82, 2.24) is 5.32 Å². The number of carbonyl (C=O) groups excluding carboxylic acids is 2. The van der Waals surface area contributed by atoms with Gasteiger partial charge in [-0.2, -0.15) is 0 Å². The van der Waals surface area contributed by atoms with Crippen molar-refractivity contribution in [3.8, 4) is 5.75 Å². The van der Waals surface area contributed by atoms with Crippen molar-refractivity contribution >= 4 is 24.2 Å². The molecular formula is C28H50ClN3O4. The van der Waals surface area contributed by atoms with Gasteiger partial charge in [-0.05, 0) is 60.1 Å². The second-order valence-corrected chi connectivity index (χ2v) is 11.3. The minimum Gasteiger partial charge on any atom is -0.483 e. The van der Waals surface area contributed by atoms with Gasteiger partial charge in [0.1, 0.15) is 5.75 Å². The van der Waals surface area contributed by atoms with Crippen LogP contribution < -0.4 is 21.5 Å². The highest BCUT2D eigenvalue weighted by atomic mass is 35.5. The lowest BCUT2D eigenvalue weighted by molar-refractivity contribution is -0.125. The fraction of sp³-hybridized carbons (Fsp3) is 0.714. The van der Waals surface area contributed by atoms with Gasteiger partial charge in [-0.25, -0.2) is 0 Å². The molecule has 0 radical (unpaired) electrons. The van der Waals surface area contributed by atoms with E-state index < -0.39 is 18.1 Å². The number of primary amides is 1. The number of ether oxygens (including phenoxy) is 1. The van der Waals surface area contributed by atoms with E-state index in [2.05, 4.69) is 59.0 Å². The highest BCUT2D eigenvalue weighted by molar-refractivity contribution is 5.85. The molecule has 7 nitrogen and oxygen atoms in total. The molecule has 8 heteroatoms. The highest BCUT2D eigenvalue weighted by Crippen LogP contribution is 2.34. The number of nitrogens with two attached hydrogens (primary N) is 2. The average Bonchev–Trinajstić information content (AvgIpc) is 2.76. The van der Waals surface area contributed by atoms with Crippen LogP contribution in [0.3, 0.4) is 0 Å². The molecule has 0 aliphatic rings. The summed E-state index contributed by atoms with van der Waals surface area (Å²) in [4.78, 5) is 23.6. The molecule has 1 aromatic carbocycles. The fourth-order valence-electron chi connectivity index (χ4n) is 4.19. The summed E-state index contributed by atoms with van der Waals surface area (Å²) in [6.45, 7) is 15.0. The van der Waals surface area contributed by atoms with Gasteiger partial charge in [-0.15, -0.1) is 12.4 Å². The normalized spacial score (nSPS) is 14.9. The third-order valence-electron chi connectivity index (χ3n) is 6.61. The van der Waals surface area contributed by atoms with E-state index in [1.165, 1.54) is 0 Å². The summed E-state index contributed by atoms with van der Waals surface area (Å²) in [5.74, 6) is 0.415. The first kappa shape index (κ1) is 34.2. The Morgan fingerprint density at radius 1 is 1.14 bits per heavy atom. The van der Waals surface area contributed by atoms with Gasteiger partial charge in [-0.3, -0.25) is 9.59 Å². The Balaban J connectivity index is 0.0000122. The van der Waals surface area contributed by atoms with Crippen molar-refractivity contribution in [3.63, 3.8) is 0 Å². The van der Waals surface area contributed by atoms with Crippen molar-refractivity contribution in [3.05, 3.63) is 29.3 Å². The molecule has 6 N–H and O–H groups in total. The summed E-state index contributed by atoms with van der Waals surface area (Å²) in [6.07, 6.45) is 2.97. The predicted molar refractivity (Wildman–Crippen MR) is 149 cm³/mol. The van der Waals surface area contributed by atoms with Crippen molar-refractivity contribution in [1.29, 1.82) is 0 Å². The zero-order chi connectivity index (χ0) is 26.8. The van der Waals surface area contributed by atoms with E-state index in [4.69, 9.17) is 16.2 Å². The molecule has 208 valence electrons. The van der Waals surface area contributed by atoms with Gasteiger partial charge in [-0.1, -0.05) is 67.0 Å². The molecule has 0 saturated carbocycles. The third-order valence-corrected chi connectivity index (χ3v) is 6.61. The Morgan fingerprint density at radius 2 is 1.78 bits per heavy atom. The number of carbonyl (C=O) groups is 2. The number of hydrogen-bond donors (Lipinski definition) is 4. The van der Waals surface area contributed by atoms with Gasteiger partial charge < -0.3 is 26.6 Å². The molecule has 0 aromatic heterocycles. The molecule has 4 atom stereocenters. The Kier molecular flexibility index (Phi) is 15.3. The Hall–Kier alpha value is -1.83. The quantitative estimate of drug-likeness (QED) is 0.255. The molecule has 1 rings (SSSR count). The maximum atomic E-state index is 12.3. The van der Waals surface area contributed by atoms with Crippen LogP contribution in [0.1, 0.15) is 85.3 Å². The molecule has 0 fully saturated rings.